The van der Waals surface area contributed by atoms with E-state index < -0.39 is 5.60 Å². The highest BCUT2D eigenvalue weighted by Crippen LogP contribution is 2.24. The third kappa shape index (κ3) is 3.85. The highest BCUT2D eigenvalue weighted by Gasteiger charge is 2.23. The molecule has 116 valence electrons. The average molecular weight is 299 g/mol. The van der Waals surface area contributed by atoms with Gasteiger partial charge in [0.05, 0.1) is 6.04 Å². The Kier molecular flexibility index (Phi) is 4.81. The van der Waals surface area contributed by atoms with Crippen LogP contribution in [0.25, 0.3) is 0 Å². The lowest BCUT2D eigenvalue weighted by molar-refractivity contribution is -0.108. The fourth-order valence-electron chi connectivity index (χ4n) is 2.35. The Morgan fingerprint density at radius 1 is 1.18 bits per heavy atom. The van der Waals surface area contributed by atoms with Crippen LogP contribution in [0.1, 0.15) is 49.3 Å². The number of carbonyl (C=O) groups excluding carboxylic acids is 2. The van der Waals surface area contributed by atoms with Gasteiger partial charge in [-0.2, -0.15) is 0 Å². The average Bonchev–Trinajstić information content (AvgIpc) is 2.93. The van der Waals surface area contributed by atoms with Crippen LogP contribution in [0, 0.1) is 0 Å². The summed E-state index contributed by atoms with van der Waals surface area (Å²) in [7, 11) is 0. The van der Waals surface area contributed by atoms with E-state index in [1.807, 2.05) is 51.1 Å². The molecule has 0 saturated heterocycles. The Bertz CT molecular complexity index is 638. The van der Waals surface area contributed by atoms with Gasteiger partial charge in [0.15, 0.2) is 0 Å². The summed E-state index contributed by atoms with van der Waals surface area (Å²) in [5, 5.41) is 0. The molecule has 1 unspecified atom stereocenters. The van der Waals surface area contributed by atoms with E-state index in [1.165, 1.54) is 0 Å². The van der Waals surface area contributed by atoms with Gasteiger partial charge in [0.25, 0.3) is 0 Å². The van der Waals surface area contributed by atoms with Gasteiger partial charge in [0.2, 0.25) is 0 Å². The molecule has 22 heavy (non-hydrogen) atoms. The van der Waals surface area contributed by atoms with Gasteiger partial charge in [-0.15, -0.1) is 0 Å². The fourth-order valence-corrected chi connectivity index (χ4v) is 2.35. The molecule has 0 fully saturated rings. The molecule has 1 atom stereocenters. The van der Waals surface area contributed by atoms with Crippen molar-refractivity contribution >= 4 is 12.3 Å². The second kappa shape index (κ2) is 6.60. The minimum Gasteiger partial charge on any atom is -0.455 e. The molecule has 2 rings (SSSR count). The molecule has 2 aromatic rings. The molecule has 0 aliphatic carbocycles. The number of rotatable bonds is 5. The molecule has 1 aromatic heterocycles. The van der Waals surface area contributed by atoms with E-state index >= 15 is 0 Å². The van der Waals surface area contributed by atoms with E-state index in [0.717, 1.165) is 11.8 Å². The molecule has 0 aliphatic heterocycles. The summed E-state index contributed by atoms with van der Waals surface area (Å²) in [5.41, 5.74) is 0.875. The normalized spacial score (nSPS) is 12.7. The Morgan fingerprint density at radius 3 is 2.45 bits per heavy atom. The molecule has 0 N–H and O–H groups in total. The summed E-state index contributed by atoms with van der Waals surface area (Å²) in [6.45, 7) is 5.49. The molecule has 1 heterocycles. The Labute approximate surface area is 130 Å². The zero-order valence-electron chi connectivity index (χ0n) is 13.2. The Morgan fingerprint density at radius 2 is 1.86 bits per heavy atom. The fraction of sp³-hybridized carbons (Fsp3) is 0.333. The SMILES string of the molecule is CC(C)(C)OC(=O)c1cccn1C(CC=O)c1ccccc1. The Hall–Kier alpha value is -2.36. The molecule has 4 heteroatoms. The van der Waals surface area contributed by atoms with Gasteiger partial charge in [-0.25, -0.2) is 4.79 Å². The highest BCUT2D eigenvalue weighted by molar-refractivity contribution is 5.88. The molecule has 0 aliphatic rings. The van der Waals surface area contributed by atoms with Crippen molar-refractivity contribution in [2.75, 3.05) is 0 Å². The van der Waals surface area contributed by atoms with Crippen molar-refractivity contribution in [1.82, 2.24) is 4.57 Å². The lowest BCUT2D eigenvalue weighted by Crippen LogP contribution is -2.26. The largest absolute Gasteiger partial charge is 0.455 e. The maximum absolute atomic E-state index is 12.4. The van der Waals surface area contributed by atoms with Gasteiger partial charge in [-0.3, -0.25) is 0 Å². The molecule has 0 bridgehead atoms. The van der Waals surface area contributed by atoms with Crippen LogP contribution >= 0.6 is 0 Å². The number of esters is 1. The number of benzene rings is 1. The zero-order chi connectivity index (χ0) is 16.2. The summed E-state index contributed by atoms with van der Waals surface area (Å²) in [6.07, 6.45) is 2.98. The predicted molar refractivity (Wildman–Crippen MR) is 84.9 cm³/mol. The van der Waals surface area contributed by atoms with Crippen molar-refractivity contribution in [3.63, 3.8) is 0 Å². The monoisotopic (exact) mass is 299 g/mol. The van der Waals surface area contributed by atoms with Crippen molar-refractivity contribution in [3.8, 4) is 0 Å². The number of carbonyl (C=O) groups is 2. The van der Waals surface area contributed by atoms with Crippen LogP contribution < -0.4 is 0 Å². The topological polar surface area (TPSA) is 48.3 Å². The summed E-state index contributed by atoms with van der Waals surface area (Å²) in [6, 6.07) is 13.0. The van der Waals surface area contributed by atoms with E-state index in [9.17, 15) is 9.59 Å². The van der Waals surface area contributed by atoms with E-state index in [4.69, 9.17) is 4.74 Å². The maximum Gasteiger partial charge on any atom is 0.355 e. The first kappa shape index (κ1) is 16.0. The van der Waals surface area contributed by atoms with Crippen molar-refractivity contribution in [2.24, 2.45) is 0 Å². The number of aromatic nitrogens is 1. The molecular formula is C18H21NO3. The van der Waals surface area contributed by atoms with Gasteiger partial charge >= 0.3 is 5.97 Å². The zero-order valence-corrected chi connectivity index (χ0v) is 13.2. The van der Waals surface area contributed by atoms with Crippen molar-refractivity contribution in [2.45, 2.75) is 38.8 Å². The molecule has 0 radical (unpaired) electrons. The number of ether oxygens (including phenoxy) is 1. The quantitative estimate of drug-likeness (QED) is 0.626. The minimum atomic E-state index is -0.556. The van der Waals surface area contributed by atoms with E-state index in [1.54, 1.807) is 22.9 Å². The Balaban J connectivity index is 2.36. The third-order valence-corrected chi connectivity index (χ3v) is 3.23. The summed E-state index contributed by atoms with van der Waals surface area (Å²) in [4.78, 5) is 23.4. The van der Waals surface area contributed by atoms with Crippen LogP contribution in [-0.2, 0) is 9.53 Å². The molecule has 4 nitrogen and oxygen atoms in total. The lowest BCUT2D eigenvalue weighted by Gasteiger charge is -2.23. The molecule has 1 aromatic carbocycles. The van der Waals surface area contributed by atoms with Gasteiger partial charge < -0.3 is 14.1 Å². The molecule has 0 amide bonds. The minimum absolute atomic E-state index is 0.212. The van der Waals surface area contributed by atoms with E-state index in [-0.39, 0.29) is 12.0 Å². The molecular weight excluding hydrogens is 278 g/mol. The van der Waals surface area contributed by atoms with Crippen molar-refractivity contribution in [1.29, 1.82) is 0 Å². The smallest absolute Gasteiger partial charge is 0.355 e. The van der Waals surface area contributed by atoms with Gasteiger partial charge in [0.1, 0.15) is 17.6 Å². The number of hydrogen-bond acceptors (Lipinski definition) is 3. The van der Waals surface area contributed by atoms with E-state index in [0.29, 0.717) is 12.1 Å². The summed E-state index contributed by atoms with van der Waals surface area (Å²) < 4.78 is 7.24. The summed E-state index contributed by atoms with van der Waals surface area (Å²) in [5.74, 6) is -0.385. The van der Waals surface area contributed by atoms with Crippen LogP contribution in [0.2, 0.25) is 0 Å². The number of aldehydes is 1. The molecule has 0 saturated carbocycles. The van der Waals surface area contributed by atoms with E-state index in [2.05, 4.69) is 0 Å². The van der Waals surface area contributed by atoms with Crippen molar-refractivity contribution < 1.29 is 14.3 Å². The predicted octanol–water partition coefficient (Wildman–Crippen LogP) is 3.62. The van der Waals surface area contributed by atoms with Gasteiger partial charge in [-0.1, -0.05) is 30.3 Å². The van der Waals surface area contributed by atoms with Gasteiger partial charge in [-0.05, 0) is 38.5 Å². The van der Waals surface area contributed by atoms with Gasteiger partial charge in [0, 0.05) is 12.6 Å². The lowest BCUT2D eigenvalue weighted by atomic mass is 10.0. The maximum atomic E-state index is 12.4. The number of hydrogen-bond donors (Lipinski definition) is 0. The van der Waals surface area contributed by atoms with Crippen molar-refractivity contribution in [3.05, 3.63) is 59.9 Å². The first-order valence-corrected chi connectivity index (χ1v) is 7.31. The standard InChI is InChI=1S/C18H21NO3/c1-18(2,3)22-17(21)16-10-7-12-19(16)15(11-13-20)14-8-5-4-6-9-14/h4-10,12-13,15H,11H2,1-3H3. The van der Waals surface area contributed by atoms with Crippen LogP contribution in [0.5, 0.6) is 0 Å². The molecule has 0 spiro atoms. The second-order valence-electron chi connectivity index (χ2n) is 6.13. The number of nitrogens with zero attached hydrogens (tertiary/aromatic N) is 1. The van der Waals surface area contributed by atoms with Crippen LogP contribution in [0.15, 0.2) is 48.7 Å². The van der Waals surface area contributed by atoms with Crippen LogP contribution in [0.4, 0.5) is 0 Å². The first-order chi connectivity index (χ1) is 10.4. The highest BCUT2D eigenvalue weighted by atomic mass is 16.6. The summed E-state index contributed by atoms with van der Waals surface area (Å²) >= 11 is 0. The third-order valence-electron chi connectivity index (χ3n) is 3.23. The van der Waals surface area contributed by atoms with Crippen LogP contribution in [0.3, 0.4) is 0 Å². The second-order valence-corrected chi connectivity index (χ2v) is 6.13. The first-order valence-electron chi connectivity index (χ1n) is 7.31. The van der Waals surface area contributed by atoms with Crippen LogP contribution in [-0.4, -0.2) is 22.4 Å².